The lowest BCUT2D eigenvalue weighted by atomic mass is 9.71. The molecule has 0 aromatic rings. The maximum absolute atomic E-state index is 11.5. The first-order chi connectivity index (χ1) is 7.30. The molecule has 1 aliphatic rings. The summed E-state index contributed by atoms with van der Waals surface area (Å²) in [6, 6.07) is 0. The van der Waals surface area contributed by atoms with Crippen molar-refractivity contribution >= 4 is 5.97 Å². The standard InChI is InChI=1S/C14H26O2/c1-10(2)13(15)16-12-8-6-7-11(9-12)14(3,4)5/h10-12H,6-9H2,1-5H3/t11-,12+/m1/s1. The molecule has 0 N–H and O–H groups in total. The van der Waals surface area contributed by atoms with Crippen LogP contribution in [0.3, 0.4) is 0 Å². The van der Waals surface area contributed by atoms with Gasteiger partial charge in [0.25, 0.3) is 0 Å². The molecule has 1 saturated carbocycles. The summed E-state index contributed by atoms with van der Waals surface area (Å²) in [6.45, 7) is 10.6. The van der Waals surface area contributed by atoms with Crippen LogP contribution >= 0.6 is 0 Å². The molecule has 0 radical (unpaired) electrons. The molecule has 1 fully saturated rings. The molecule has 0 amide bonds. The highest BCUT2D eigenvalue weighted by molar-refractivity contribution is 5.71. The fourth-order valence-electron chi connectivity index (χ4n) is 2.34. The van der Waals surface area contributed by atoms with Gasteiger partial charge in [0.15, 0.2) is 0 Å². The predicted octanol–water partition coefficient (Wildman–Crippen LogP) is 3.79. The zero-order chi connectivity index (χ0) is 12.3. The average Bonchev–Trinajstić information content (AvgIpc) is 2.16. The van der Waals surface area contributed by atoms with Crippen molar-refractivity contribution in [2.24, 2.45) is 17.3 Å². The molecule has 0 heterocycles. The number of ether oxygens (including phenoxy) is 1. The van der Waals surface area contributed by atoms with Gasteiger partial charge in [0, 0.05) is 0 Å². The van der Waals surface area contributed by atoms with E-state index in [1.165, 1.54) is 12.8 Å². The molecule has 0 unspecified atom stereocenters. The number of carbonyl (C=O) groups is 1. The molecule has 2 atom stereocenters. The predicted molar refractivity (Wildman–Crippen MR) is 66.1 cm³/mol. The summed E-state index contributed by atoms with van der Waals surface area (Å²) >= 11 is 0. The van der Waals surface area contributed by atoms with Gasteiger partial charge in [-0.25, -0.2) is 0 Å². The lowest BCUT2D eigenvalue weighted by molar-refractivity contribution is -0.155. The molecular weight excluding hydrogens is 200 g/mol. The highest BCUT2D eigenvalue weighted by Crippen LogP contribution is 2.38. The number of rotatable bonds is 2. The fourth-order valence-corrected chi connectivity index (χ4v) is 2.34. The minimum Gasteiger partial charge on any atom is -0.462 e. The third-order valence-corrected chi connectivity index (χ3v) is 3.61. The van der Waals surface area contributed by atoms with E-state index in [-0.39, 0.29) is 18.0 Å². The molecule has 0 bridgehead atoms. The molecule has 0 aromatic heterocycles. The second-order valence-corrected chi connectivity index (χ2v) is 6.44. The first-order valence-electron chi connectivity index (χ1n) is 6.51. The van der Waals surface area contributed by atoms with Gasteiger partial charge in [0.1, 0.15) is 6.10 Å². The SMILES string of the molecule is CC(C)C(=O)O[C@H]1CCC[C@@H](C(C)(C)C)C1. The van der Waals surface area contributed by atoms with Crippen LogP contribution in [0.5, 0.6) is 0 Å². The van der Waals surface area contributed by atoms with Gasteiger partial charge < -0.3 is 4.74 Å². The molecule has 94 valence electrons. The van der Waals surface area contributed by atoms with Crippen LogP contribution in [0.4, 0.5) is 0 Å². The molecule has 0 aromatic carbocycles. The Hall–Kier alpha value is -0.530. The molecule has 2 heteroatoms. The van der Waals surface area contributed by atoms with E-state index in [2.05, 4.69) is 20.8 Å². The van der Waals surface area contributed by atoms with Crippen molar-refractivity contribution < 1.29 is 9.53 Å². The van der Waals surface area contributed by atoms with Gasteiger partial charge in [0.05, 0.1) is 5.92 Å². The Morgan fingerprint density at radius 3 is 2.38 bits per heavy atom. The first-order valence-corrected chi connectivity index (χ1v) is 6.51. The first kappa shape index (κ1) is 13.5. The van der Waals surface area contributed by atoms with Gasteiger partial charge in [-0.05, 0) is 37.0 Å². The highest BCUT2D eigenvalue weighted by Gasteiger charge is 2.32. The van der Waals surface area contributed by atoms with Crippen LogP contribution in [0.25, 0.3) is 0 Å². The van der Waals surface area contributed by atoms with E-state index in [0.717, 1.165) is 12.8 Å². The summed E-state index contributed by atoms with van der Waals surface area (Å²) in [5.74, 6) is 0.640. The van der Waals surface area contributed by atoms with Gasteiger partial charge in [-0.1, -0.05) is 34.6 Å². The van der Waals surface area contributed by atoms with Crippen LogP contribution in [0.2, 0.25) is 0 Å². The largest absolute Gasteiger partial charge is 0.462 e. The van der Waals surface area contributed by atoms with Crippen molar-refractivity contribution in [1.82, 2.24) is 0 Å². The zero-order valence-corrected chi connectivity index (χ0v) is 11.4. The second-order valence-electron chi connectivity index (χ2n) is 6.44. The molecule has 1 aliphatic carbocycles. The van der Waals surface area contributed by atoms with Gasteiger partial charge in [-0.3, -0.25) is 4.79 Å². The van der Waals surface area contributed by atoms with E-state index < -0.39 is 0 Å². The Morgan fingerprint density at radius 1 is 1.25 bits per heavy atom. The van der Waals surface area contributed by atoms with Gasteiger partial charge >= 0.3 is 5.97 Å². The lowest BCUT2D eigenvalue weighted by Crippen LogP contribution is -2.32. The quantitative estimate of drug-likeness (QED) is 0.670. The number of esters is 1. The highest BCUT2D eigenvalue weighted by atomic mass is 16.5. The van der Waals surface area contributed by atoms with Crippen LogP contribution in [0.1, 0.15) is 60.3 Å². The van der Waals surface area contributed by atoms with E-state index >= 15 is 0 Å². The monoisotopic (exact) mass is 226 g/mol. The number of hydrogen-bond acceptors (Lipinski definition) is 2. The summed E-state index contributed by atoms with van der Waals surface area (Å²) in [4.78, 5) is 11.5. The third-order valence-electron chi connectivity index (χ3n) is 3.61. The minimum absolute atomic E-state index is 0.00462. The van der Waals surface area contributed by atoms with E-state index in [9.17, 15) is 4.79 Å². The zero-order valence-electron chi connectivity index (χ0n) is 11.4. The Labute approximate surface area is 99.8 Å². The Morgan fingerprint density at radius 2 is 1.88 bits per heavy atom. The molecular formula is C14H26O2. The van der Waals surface area contributed by atoms with Crippen molar-refractivity contribution in [2.45, 2.75) is 66.4 Å². The molecule has 1 rings (SSSR count). The maximum Gasteiger partial charge on any atom is 0.308 e. The van der Waals surface area contributed by atoms with Crippen molar-refractivity contribution in [3.63, 3.8) is 0 Å². The summed E-state index contributed by atoms with van der Waals surface area (Å²) in [7, 11) is 0. The van der Waals surface area contributed by atoms with Crippen molar-refractivity contribution in [3.05, 3.63) is 0 Å². The Balaban J connectivity index is 2.48. The van der Waals surface area contributed by atoms with Crippen LogP contribution in [0, 0.1) is 17.3 Å². The van der Waals surface area contributed by atoms with E-state index in [4.69, 9.17) is 4.74 Å². The van der Waals surface area contributed by atoms with Crippen molar-refractivity contribution in [1.29, 1.82) is 0 Å². The number of hydrogen-bond donors (Lipinski definition) is 0. The Kier molecular flexibility index (Phi) is 4.40. The van der Waals surface area contributed by atoms with Gasteiger partial charge in [-0.15, -0.1) is 0 Å². The lowest BCUT2D eigenvalue weighted by Gasteiger charge is -2.37. The second kappa shape index (κ2) is 5.20. The molecule has 16 heavy (non-hydrogen) atoms. The van der Waals surface area contributed by atoms with Gasteiger partial charge in [-0.2, -0.15) is 0 Å². The van der Waals surface area contributed by atoms with Crippen LogP contribution in [0.15, 0.2) is 0 Å². The molecule has 2 nitrogen and oxygen atoms in total. The Bertz CT molecular complexity index is 238. The summed E-state index contributed by atoms with van der Waals surface area (Å²) in [5.41, 5.74) is 0.336. The van der Waals surface area contributed by atoms with Gasteiger partial charge in [0.2, 0.25) is 0 Å². The van der Waals surface area contributed by atoms with Crippen molar-refractivity contribution in [3.8, 4) is 0 Å². The van der Waals surface area contributed by atoms with E-state index in [0.29, 0.717) is 11.3 Å². The van der Waals surface area contributed by atoms with Crippen LogP contribution in [-0.4, -0.2) is 12.1 Å². The molecule has 0 saturated heterocycles. The van der Waals surface area contributed by atoms with Crippen LogP contribution in [-0.2, 0) is 9.53 Å². The van der Waals surface area contributed by atoms with E-state index in [1.807, 2.05) is 13.8 Å². The summed E-state index contributed by atoms with van der Waals surface area (Å²) in [6.07, 6.45) is 4.72. The third kappa shape index (κ3) is 3.80. The molecule has 0 spiro atoms. The maximum atomic E-state index is 11.5. The van der Waals surface area contributed by atoms with Crippen LogP contribution < -0.4 is 0 Å². The topological polar surface area (TPSA) is 26.3 Å². The van der Waals surface area contributed by atoms with E-state index in [1.54, 1.807) is 0 Å². The average molecular weight is 226 g/mol. The molecule has 0 aliphatic heterocycles. The summed E-state index contributed by atoms with van der Waals surface area (Å²) in [5, 5.41) is 0. The smallest absolute Gasteiger partial charge is 0.308 e. The normalized spacial score (nSPS) is 26.9. The minimum atomic E-state index is -0.0421. The number of carbonyl (C=O) groups excluding carboxylic acids is 1. The fraction of sp³-hybridized carbons (Fsp3) is 0.929. The summed E-state index contributed by atoms with van der Waals surface area (Å²) < 4.78 is 5.54. The van der Waals surface area contributed by atoms with Crippen molar-refractivity contribution in [2.75, 3.05) is 0 Å².